The van der Waals surface area contributed by atoms with E-state index in [-0.39, 0.29) is 52.4 Å². The van der Waals surface area contributed by atoms with Crippen LogP contribution in [-0.2, 0) is 11.0 Å². The topological polar surface area (TPSA) is 74.9 Å². The number of alkyl halides is 3. The predicted molar refractivity (Wildman–Crippen MR) is 114 cm³/mol. The number of aliphatic hydroxyl groups excluding tert-OH is 1. The average Bonchev–Trinajstić information content (AvgIpc) is 3.57. The molecule has 33 heavy (non-hydrogen) atoms. The van der Waals surface area contributed by atoms with Gasteiger partial charge in [-0.2, -0.15) is 18.3 Å². The Hall–Kier alpha value is -2.13. The quantitative estimate of drug-likeness (QED) is 0.699. The second-order valence-corrected chi connectivity index (χ2v) is 9.94. The Morgan fingerprint density at radius 2 is 1.79 bits per heavy atom. The van der Waals surface area contributed by atoms with Crippen LogP contribution in [0.5, 0.6) is 0 Å². The molecule has 3 aliphatic rings. The number of halogens is 4. The number of rotatable bonds is 3. The summed E-state index contributed by atoms with van der Waals surface area (Å²) in [5.41, 5.74) is -0.623. The van der Waals surface area contributed by atoms with Crippen LogP contribution in [0.3, 0.4) is 0 Å². The van der Waals surface area contributed by atoms with E-state index in [2.05, 4.69) is 5.10 Å². The number of aliphatic hydroxyl groups is 1. The minimum absolute atomic E-state index is 0.0529. The third-order valence-corrected chi connectivity index (χ3v) is 7.68. The van der Waals surface area contributed by atoms with E-state index in [0.717, 1.165) is 31.7 Å². The lowest BCUT2D eigenvalue weighted by Crippen LogP contribution is -2.47. The summed E-state index contributed by atoms with van der Waals surface area (Å²) in [5, 5.41) is 13.5. The maximum Gasteiger partial charge on any atom is 0.433 e. The van der Waals surface area contributed by atoms with Crippen molar-refractivity contribution in [2.75, 3.05) is 13.1 Å². The molecule has 0 radical (unpaired) electrons. The number of ketones is 1. The summed E-state index contributed by atoms with van der Waals surface area (Å²) in [4.78, 5) is 27.3. The Balaban J connectivity index is 1.40. The predicted octanol–water partition coefficient (Wildman–Crippen LogP) is 4.47. The number of carbonyl (C=O) groups is 2. The lowest BCUT2D eigenvalue weighted by Gasteiger charge is -2.37. The zero-order valence-electron chi connectivity index (χ0n) is 17.9. The molecular weight excluding hydrogens is 459 g/mol. The van der Waals surface area contributed by atoms with Gasteiger partial charge in [0, 0.05) is 12.5 Å². The van der Waals surface area contributed by atoms with E-state index in [0.29, 0.717) is 35.9 Å². The highest BCUT2D eigenvalue weighted by molar-refractivity contribution is 6.36. The smallest absolute Gasteiger partial charge is 0.393 e. The third kappa shape index (κ3) is 4.25. The zero-order chi connectivity index (χ0) is 23.5. The molecule has 2 saturated carbocycles. The number of carbonyl (C=O) groups excluding carboxylic acids is 2. The zero-order valence-corrected chi connectivity index (χ0v) is 18.7. The fourth-order valence-corrected chi connectivity index (χ4v) is 5.55. The van der Waals surface area contributed by atoms with Gasteiger partial charge in [-0.15, -0.1) is 0 Å². The van der Waals surface area contributed by atoms with Gasteiger partial charge in [-0.1, -0.05) is 11.6 Å². The van der Waals surface area contributed by atoms with Crippen LogP contribution in [0.2, 0.25) is 5.02 Å². The molecule has 3 heterocycles. The minimum Gasteiger partial charge on any atom is -0.393 e. The van der Waals surface area contributed by atoms with Gasteiger partial charge < -0.3 is 10.0 Å². The van der Waals surface area contributed by atoms with Crippen molar-refractivity contribution < 1.29 is 27.9 Å². The van der Waals surface area contributed by atoms with E-state index in [9.17, 15) is 27.9 Å². The first kappa shape index (κ1) is 22.7. The van der Waals surface area contributed by atoms with Crippen LogP contribution < -0.4 is 0 Å². The largest absolute Gasteiger partial charge is 0.433 e. The molecule has 2 aromatic rings. The Bertz CT molecular complexity index is 1100. The molecule has 0 aromatic carbocycles. The number of fused-ring (bicyclic) bond motifs is 1. The summed E-state index contributed by atoms with van der Waals surface area (Å²) in [6, 6.07) is 2.66. The lowest BCUT2D eigenvalue weighted by atomic mass is 9.74. The molecule has 1 saturated heterocycles. The van der Waals surface area contributed by atoms with Gasteiger partial charge in [-0.3, -0.25) is 9.59 Å². The lowest BCUT2D eigenvalue weighted by molar-refractivity contribution is -0.142. The molecule has 1 unspecified atom stereocenters. The van der Waals surface area contributed by atoms with Gasteiger partial charge >= 0.3 is 6.18 Å². The van der Waals surface area contributed by atoms with Gasteiger partial charge in [0.2, 0.25) is 0 Å². The molecule has 2 aliphatic carbocycles. The van der Waals surface area contributed by atoms with Crippen LogP contribution in [0, 0.1) is 11.8 Å². The summed E-state index contributed by atoms with van der Waals surface area (Å²) in [7, 11) is 0. The Labute approximate surface area is 193 Å². The summed E-state index contributed by atoms with van der Waals surface area (Å²) in [6.45, 7) is 0.212. The number of pyridine rings is 1. The number of Topliss-reactive ketones (excluding diaryl/α,β-unsaturated/α-hetero) is 1. The first-order chi connectivity index (χ1) is 15.6. The van der Waals surface area contributed by atoms with Crippen LogP contribution >= 0.6 is 11.6 Å². The van der Waals surface area contributed by atoms with Gasteiger partial charge in [0.05, 0.1) is 23.2 Å². The number of hydrogen-bond acceptors (Lipinski definition) is 4. The normalized spacial score (nSPS) is 26.8. The van der Waals surface area contributed by atoms with Crippen molar-refractivity contribution in [3.05, 3.63) is 34.1 Å². The molecule has 2 aromatic heterocycles. The second kappa shape index (κ2) is 8.27. The summed E-state index contributed by atoms with van der Waals surface area (Å²) in [6.07, 6.45) is 0.107. The van der Waals surface area contributed by atoms with Gasteiger partial charge in [0.1, 0.15) is 5.69 Å². The standard InChI is InChI=1S/C23H25ClF3N3O3/c24-20-17-9-14(12-1-2-12)10-19(23(25,26)27)30(17)28-21(20)22(33)29-8-7-16(18(32)11-29)13-3-5-15(31)6-4-13/h9-10,12-13,15-16,31H,1-8,11H2. The number of hydrogen-bond donors (Lipinski definition) is 1. The van der Waals surface area contributed by atoms with Crippen molar-refractivity contribution in [2.45, 2.75) is 63.1 Å². The summed E-state index contributed by atoms with van der Waals surface area (Å²) >= 11 is 6.38. The molecule has 1 N–H and O–H groups in total. The highest BCUT2D eigenvalue weighted by atomic mass is 35.5. The minimum atomic E-state index is -4.65. The summed E-state index contributed by atoms with van der Waals surface area (Å²) in [5.74, 6) is -0.569. The van der Waals surface area contributed by atoms with Gasteiger partial charge in [0.25, 0.3) is 5.91 Å². The molecular formula is C23H25ClF3N3O3. The van der Waals surface area contributed by atoms with Crippen LogP contribution in [0.15, 0.2) is 12.1 Å². The number of aromatic nitrogens is 2. The maximum absolute atomic E-state index is 13.7. The number of piperidine rings is 1. The van der Waals surface area contributed by atoms with Crippen LogP contribution in [-0.4, -0.2) is 50.5 Å². The van der Waals surface area contributed by atoms with Gasteiger partial charge in [0.15, 0.2) is 11.5 Å². The van der Waals surface area contributed by atoms with Crippen molar-refractivity contribution in [3.8, 4) is 0 Å². The molecule has 6 nitrogen and oxygen atoms in total. The fourth-order valence-electron chi connectivity index (χ4n) is 5.30. The summed E-state index contributed by atoms with van der Waals surface area (Å²) < 4.78 is 41.8. The van der Waals surface area contributed by atoms with E-state index in [1.807, 2.05) is 0 Å². The molecule has 5 rings (SSSR count). The first-order valence-electron chi connectivity index (χ1n) is 11.4. The molecule has 0 spiro atoms. The van der Waals surface area contributed by atoms with Gasteiger partial charge in [-0.25, -0.2) is 4.52 Å². The molecule has 178 valence electrons. The van der Waals surface area contributed by atoms with Crippen molar-refractivity contribution in [1.29, 1.82) is 0 Å². The molecule has 1 atom stereocenters. The number of amides is 1. The van der Waals surface area contributed by atoms with Crippen LogP contribution in [0.25, 0.3) is 5.52 Å². The van der Waals surface area contributed by atoms with Crippen molar-refractivity contribution >= 4 is 28.8 Å². The maximum atomic E-state index is 13.7. The highest BCUT2D eigenvalue weighted by Crippen LogP contribution is 2.43. The van der Waals surface area contributed by atoms with Crippen molar-refractivity contribution in [3.63, 3.8) is 0 Å². The molecule has 1 aliphatic heterocycles. The average molecular weight is 484 g/mol. The Morgan fingerprint density at radius 3 is 2.39 bits per heavy atom. The molecule has 10 heteroatoms. The van der Waals surface area contributed by atoms with Crippen molar-refractivity contribution in [1.82, 2.24) is 14.5 Å². The first-order valence-corrected chi connectivity index (χ1v) is 11.8. The number of likely N-dealkylation sites (tertiary alicyclic amines) is 1. The van der Waals surface area contributed by atoms with E-state index in [1.165, 1.54) is 4.90 Å². The second-order valence-electron chi connectivity index (χ2n) is 9.56. The van der Waals surface area contributed by atoms with E-state index in [1.54, 1.807) is 6.07 Å². The van der Waals surface area contributed by atoms with E-state index in [4.69, 9.17) is 11.6 Å². The number of nitrogens with zero attached hydrogens (tertiary/aromatic N) is 3. The van der Waals surface area contributed by atoms with Gasteiger partial charge in [-0.05, 0) is 74.5 Å². The molecule has 0 bridgehead atoms. The SMILES string of the molecule is O=C1CN(C(=O)c2nn3c(C(F)(F)F)cc(C4CC4)cc3c2Cl)CCC1C1CCC(O)CC1. The van der Waals surface area contributed by atoms with Crippen molar-refractivity contribution in [2.24, 2.45) is 11.8 Å². The monoisotopic (exact) mass is 483 g/mol. The Kier molecular flexibility index (Phi) is 5.68. The van der Waals surface area contributed by atoms with Crippen LogP contribution in [0.4, 0.5) is 13.2 Å². The highest BCUT2D eigenvalue weighted by Gasteiger charge is 2.40. The molecule has 1 amide bonds. The van der Waals surface area contributed by atoms with E-state index >= 15 is 0 Å². The molecule has 3 fully saturated rings. The third-order valence-electron chi connectivity index (χ3n) is 7.31. The fraction of sp³-hybridized carbons (Fsp3) is 0.609. The Morgan fingerprint density at radius 1 is 1.09 bits per heavy atom. The van der Waals surface area contributed by atoms with Crippen LogP contribution in [0.1, 0.15) is 72.6 Å². The van der Waals surface area contributed by atoms with E-state index < -0.39 is 17.8 Å².